The summed E-state index contributed by atoms with van der Waals surface area (Å²) in [4.78, 5) is 27.5. The molecular weight excluding hydrogens is 386 g/mol. The summed E-state index contributed by atoms with van der Waals surface area (Å²) in [6, 6.07) is 5.50. The number of likely N-dealkylation sites (tertiary alicyclic amines) is 1. The van der Waals surface area contributed by atoms with Gasteiger partial charge in [0.05, 0.1) is 35.8 Å². The molecule has 9 heteroatoms. The van der Waals surface area contributed by atoms with Crippen molar-refractivity contribution in [2.45, 2.75) is 25.5 Å². The molecule has 1 aliphatic rings. The van der Waals surface area contributed by atoms with Gasteiger partial charge in [0.2, 0.25) is 5.91 Å². The summed E-state index contributed by atoms with van der Waals surface area (Å²) in [5.41, 5.74) is 1.23. The van der Waals surface area contributed by atoms with Crippen molar-refractivity contribution >= 4 is 27.7 Å². The number of ether oxygens (including phenoxy) is 1. The average molecular weight is 413 g/mol. The highest BCUT2D eigenvalue weighted by atomic mass is 16.5. The van der Waals surface area contributed by atoms with E-state index in [1.165, 1.54) is 6.20 Å². The molecule has 9 nitrogen and oxygen atoms in total. The molecule has 30 heavy (non-hydrogen) atoms. The van der Waals surface area contributed by atoms with Gasteiger partial charge in [-0.05, 0) is 31.0 Å². The highest BCUT2D eigenvalue weighted by Crippen LogP contribution is 2.26. The molecule has 1 fully saturated rings. The zero-order valence-corrected chi connectivity index (χ0v) is 17.3. The lowest BCUT2D eigenvalue weighted by Crippen LogP contribution is -2.41. The van der Waals surface area contributed by atoms with Crippen molar-refractivity contribution in [1.29, 1.82) is 0 Å². The van der Waals surface area contributed by atoms with Crippen LogP contribution >= 0.6 is 0 Å². The Kier molecular flexibility index (Phi) is 5.74. The van der Waals surface area contributed by atoms with Gasteiger partial charge in [-0.2, -0.15) is 5.10 Å². The van der Waals surface area contributed by atoms with E-state index in [-0.39, 0.29) is 24.1 Å². The van der Waals surface area contributed by atoms with Gasteiger partial charge in [0.1, 0.15) is 12.3 Å². The van der Waals surface area contributed by atoms with Crippen molar-refractivity contribution in [3.63, 3.8) is 0 Å². The topological polar surface area (TPSA) is 102 Å². The first-order valence-electron chi connectivity index (χ1n) is 10.2. The Hall–Kier alpha value is -2.91. The maximum Gasteiger partial charge on any atom is 0.261 e. The Labute approximate surface area is 173 Å². The number of methoxy groups -OCH3 is 1. The first kappa shape index (κ1) is 20.4. The number of carbonyl (C=O) groups excluding carboxylic acids is 1. The van der Waals surface area contributed by atoms with Crippen molar-refractivity contribution < 1.29 is 14.6 Å². The number of aliphatic hydroxyl groups excluding tert-OH is 1. The van der Waals surface area contributed by atoms with E-state index in [4.69, 9.17) is 4.74 Å². The third kappa shape index (κ3) is 3.90. The molecule has 2 N–H and O–H groups in total. The highest BCUT2D eigenvalue weighted by molar-refractivity contribution is 6.04. The summed E-state index contributed by atoms with van der Waals surface area (Å²) in [5.74, 6) is 0.514. The Bertz CT molecular complexity index is 1130. The molecule has 3 aromatic rings. The summed E-state index contributed by atoms with van der Waals surface area (Å²) in [6.07, 6.45) is 2.87. The molecule has 1 aliphatic heterocycles. The Morgan fingerprint density at radius 3 is 2.80 bits per heavy atom. The number of pyridine rings is 1. The van der Waals surface area contributed by atoms with Gasteiger partial charge in [0.15, 0.2) is 0 Å². The number of rotatable bonds is 6. The second kappa shape index (κ2) is 8.45. The molecule has 1 aromatic carbocycles. The van der Waals surface area contributed by atoms with E-state index in [9.17, 15) is 14.7 Å². The van der Waals surface area contributed by atoms with Gasteiger partial charge in [-0.1, -0.05) is 0 Å². The molecule has 0 radical (unpaired) electrons. The summed E-state index contributed by atoms with van der Waals surface area (Å²) in [6.45, 7) is 3.00. The molecule has 3 heterocycles. The van der Waals surface area contributed by atoms with Gasteiger partial charge >= 0.3 is 0 Å². The molecule has 0 aliphatic carbocycles. The summed E-state index contributed by atoms with van der Waals surface area (Å²) in [5, 5.41) is 18.1. The Morgan fingerprint density at radius 2 is 2.07 bits per heavy atom. The lowest BCUT2D eigenvalue weighted by Gasteiger charge is -2.29. The van der Waals surface area contributed by atoms with E-state index >= 15 is 0 Å². The number of amides is 1. The monoisotopic (exact) mass is 413 g/mol. The van der Waals surface area contributed by atoms with E-state index in [0.717, 1.165) is 43.4 Å². The zero-order valence-electron chi connectivity index (χ0n) is 17.3. The lowest BCUT2D eigenvalue weighted by molar-refractivity contribution is -0.121. The second-order valence-electron chi connectivity index (χ2n) is 7.73. The van der Waals surface area contributed by atoms with E-state index < -0.39 is 0 Å². The molecule has 0 spiro atoms. The summed E-state index contributed by atoms with van der Waals surface area (Å²) >= 11 is 0. The molecule has 0 saturated carbocycles. The third-order valence-electron chi connectivity index (χ3n) is 5.80. The van der Waals surface area contributed by atoms with Gasteiger partial charge in [0.25, 0.3) is 5.56 Å². The minimum absolute atomic E-state index is 0.0295. The molecule has 0 unspecified atom stereocenters. The number of aliphatic hydroxyl groups is 1. The number of fused-ring (bicyclic) bond motifs is 3. The number of carbonyl (C=O) groups is 1. The number of hydrogen-bond donors (Lipinski definition) is 2. The van der Waals surface area contributed by atoms with Crippen LogP contribution in [0.2, 0.25) is 0 Å². The molecule has 0 atom stereocenters. The van der Waals surface area contributed by atoms with Crippen molar-refractivity contribution in [2.24, 2.45) is 7.05 Å². The van der Waals surface area contributed by atoms with Crippen LogP contribution in [0.1, 0.15) is 12.8 Å². The SMILES string of the molecule is COc1ccc2c(c1)c1c(cnn1CC(=O)NCCN1CCC(O)CC1)c(=O)n2C. The molecule has 1 saturated heterocycles. The van der Waals surface area contributed by atoms with Crippen LogP contribution in [0, 0.1) is 0 Å². The normalized spacial score (nSPS) is 15.7. The molecule has 160 valence electrons. The van der Waals surface area contributed by atoms with Gasteiger partial charge in [-0.3, -0.25) is 14.3 Å². The number of piperidine rings is 1. The summed E-state index contributed by atoms with van der Waals surface area (Å²) in [7, 11) is 3.31. The average Bonchev–Trinajstić information content (AvgIpc) is 3.16. The fourth-order valence-electron chi connectivity index (χ4n) is 4.05. The second-order valence-corrected chi connectivity index (χ2v) is 7.73. The standard InChI is InChI=1S/C21H27N5O4/c1-24-18-4-3-15(30-2)11-16(18)20-17(21(24)29)12-23-26(20)13-19(28)22-7-10-25-8-5-14(27)6-9-25/h3-4,11-12,14,27H,5-10,13H2,1-2H3,(H,22,28). The van der Waals surface area contributed by atoms with Crippen LogP contribution in [0.15, 0.2) is 29.2 Å². The predicted octanol–water partition coefficient (Wildman–Crippen LogP) is 0.470. The minimum atomic E-state index is -0.204. The highest BCUT2D eigenvalue weighted by Gasteiger charge is 2.18. The molecule has 4 rings (SSSR count). The maximum absolute atomic E-state index is 12.7. The minimum Gasteiger partial charge on any atom is -0.497 e. The fraction of sp³-hybridized carbons (Fsp3) is 0.476. The number of nitrogens with zero attached hydrogens (tertiary/aromatic N) is 4. The van der Waals surface area contributed by atoms with E-state index in [1.54, 1.807) is 29.5 Å². The molecule has 1 amide bonds. The number of benzene rings is 1. The van der Waals surface area contributed by atoms with Crippen LogP contribution < -0.4 is 15.6 Å². The van der Waals surface area contributed by atoms with Crippen LogP contribution in [0.3, 0.4) is 0 Å². The quantitative estimate of drug-likeness (QED) is 0.609. The van der Waals surface area contributed by atoms with Crippen LogP contribution in [0.5, 0.6) is 5.75 Å². The number of hydrogen-bond acceptors (Lipinski definition) is 6. The van der Waals surface area contributed by atoms with Crippen molar-refractivity contribution in [3.05, 3.63) is 34.7 Å². The number of aromatic nitrogens is 3. The number of aryl methyl sites for hydroxylation is 1. The molecule has 2 aromatic heterocycles. The molecular formula is C21H27N5O4. The van der Waals surface area contributed by atoms with Crippen molar-refractivity contribution in [3.8, 4) is 5.75 Å². The van der Waals surface area contributed by atoms with Crippen LogP contribution in [-0.4, -0.2) is 69.7 Å². The summed E-state index contributed by atoms with van der Waals surface area (Å²) < 4.78 is 8.50. The Morgan fingerprint density at radius 1 is 1.30 bits per heavy atom. The first-order chi connectivity index (χ1) is 14.5. The van der Waals surface area contributed by atoms with Gasteiger partial charge in [-0.15, -0.1) is 0 Å². The molecule has 0 bridgehead atoms. The van der Waals surface area contributed by atoms with E-state index in [0.29, 0.717) is 23.2 Å². The third-order valence-corrected chi connectivity index (χ3v) is 5.80. The van der Waals surface area contributed by atoms with Gasteiger partial charge in [0, 0.05) is 38.6 Å². The first-order valence-corrected chi connectivity index (χ1v) is 10.2. The van der Waals surface area contributed by atoms with Crippen LogP contribution in [-0.2, 0) is 18.4 Å². The largest absolute Gasteiger partial charge is 0.497 e. The Balaban J connectivity index is 1.53. The van der Waals surface area contributed by atoms with Crippen LogP contribution in [0.25, 0.3) is 21.8 Å². The van der Waals surface area contributed by atoms with Crippen molar-refractivity contribution in [1.82, 2.24) is 24.6 Å². The zero-order chi connectivity index (χ0) is 21.3. The lowest BCUT2D eigenvalue weighted by atomic mass is 10.1. The van der Waals surface area contributed by atoms with Crippen molar-refractivity contribution in [2.75, 3.05) is 33.3 Å². The van der Waals surface area contributed by atoms with E-state index in [2.05, 4.69) is 15.3 Å². The van der Waals surface area contributed by atoms with E-state index in [1.807, 2.05) is 12.1 Å². The smallest absolute Gasteiger partial charge is 0.261 e. The predicted molar refractivity (Wildman–Crippen MR) is 114 cm³/mol. The van der Waals surface area contributed by atoms with Gasteiger partial charge in [-0.25, -0.2) is 0 Å². The maximum atomic E-state index is 12.7. The van der Waals surface area contributed by atoms with Crippen LogP contribution in [0.4, 0.5) is 0 Å². The fourth-order valence-corrected chi connectivity index (χ4v) is 4.05. The van der Waals surface area contributed by atoms with Gasteiger partial charge < -0.3 is 24.6 Å². The number of nitrogens with one attached hydrogen (secondary N) is 1.